The summed E-state index contributed by atoms with van der Waals surface area (Å²) in [5.41, 5.74) is 5.45. The van der Waals surface area contributed by atoms with E-state index in [9.17, 15) is 8.78 Å². The molecule has 0 spiro atoms. The van der Waals surface area contributed by atoms with Crippen LogP contribution in [0.4, 0.5) is 8.78 Å². The van der Waals surface area contributed by atoms with Gasteiger partial charge in [0.1, 0.15) is 0 Å². The third kappa shape index (κ3) is 3.03. The lowest BCUT2D eigenvalue weighted by molar-refractivity contribution is -0.00930. The quantitative estimate of drug-likeness (QED) is 0.696. The molecule has 72 valence electrons. The van der Waals surface area contributed by atoms with Crippen LogP contribution >= 0.6 is 0 Å². The molecule has 1 atom stereocenters. The van der Waals surface area contributed by atoms with E-state index in [4.69, 9.17) is 5.73 Å². The Labute approximate surface area is 71.7 Å². The predicted octanol–water partition coefficient (Wildman–Crippen LogP) is 0.922. The number of likely N-dealkylation sites (tertiary alicyclic amines) is 1. The van der Waals surface area contributed by atoms with Crippen molar-refractivity contribution in [3.63, 3.8) is 0 Å². The standard InChI is InChI=1S/C8H16F2N2/c1-8(9,10)6-12-3-2-7(4-11)5-12/h7H,2-6,11H2,1H3. The molecule has 2 N–H and O–H groups in total. The van der Waals surface area contributed by atoms with E-state index in [0.717, 1.165) is 26.4 Å². The molecule has 0 bridgehead atoms. The second-order valence-corrected chi connectivity index (χ2v) is 3.70. The highest BCUT2D eigenvalue weighted by Crippen LogP contribution is 2.20. The largest absolute Gasteiger partial charge is 0.330 e. The van der Waals surface area contributed by atoms with Crippen LogP contribution in [0.1, 0.15) is 13.3 Å². The van der Waals surface area contributed by atoms with Crippen LogP contribution in [0.25, 0.3) is 0 Å². The molecule has 2 nitrogen and oxygen atoms in total. The third-order valence-electron chi connectivity index (χ3n) is 2.20. The van der Waals surface area contributed by atoms with E-state index in [1.807, 2.05) is 0 Å². The number of nitrogens with zero attached hydrogens (tertiary/aromatic N) is 1. The van der Waals surface area contributed by atoms with Crippen LogP contribution < -0.4 is 5.73 Å². The fourth-order valence-electron chi connectivity index (χ4n) is 1.64. The number of rotatable bonds is 3. The molecule has 0 aliphatic carbocycles. The maximum absolute atomic E-state index is 12.5. The van der Waals surface area contributed by atoms with E-state index in [1.165, 1.54) is 0 Å². The average Bonchev–Trinajstić information content (AvgIpc) is 2.32. The Bertz CT molecular complexity index is 144. The van der Waals surface area contributed by atoms with E-state index in [0.29, 0.717) is 12.5 Å². The molecule has 0 aromatic carbocycles. The first kappa shape index (κ1) is 9.86. The fourth-order valence-corrected chi connectivity index (χ4v) is 1.64. The van der Waals surface area contributed by atoms with Gasteiger partial charge in [-0.05, 0) is 25.4 Å². The minimum Gasteiger partial charge on any atom is -0.330 e. The van der Waals surface area contributed by atoms with Crippen molar-refractivity contribution in [2.75, 3.05) is 26.2 Å². The first-order chi connectivity index (χ1) is 5.51. The number of hydrogen-bond donors (Lipinski definition) is 1. The lowest BCUT2D eigenvalue weighted by Crippen LogP contribution is -2.33. The van der Waals surface area contributed by atoms with Crippen molar-refractivity contribution in [3.8, 4) is 0 Å². The van der Waals surface area contributed by atoms with Crippen LogP contribution in [0.3, 0.4) is 0 Å². The van der Waals surface area contributed by atoms with Crippen molar-refractivity contribution in [2.24, 2.45) is 11.7 Å². The molecule has 1 aliphatic rings. The highest BCUT2D eigenvalue weighted by molar-refractivity contribution is 4.78. The van der Waals surface area contributed by atoms with Gasteiger partial charge in [-0.1, -0.05) is 0 Å². The summed E-state index contributed by atoms with van der Waals surface area (Å²) in [6, 6.07) is 0. The summed E-state index contributed by atoms with van der Waals surface area (Å²) < 4.78 is 25.1. The molecule has 1 aliphatic heterocycles. The zero-order valence-corrected chi connectivity index (χ0v) is 7.39. The van der Waals surface area contributed by atoms with Crippen molar-refractivity contribution < 1.29 is 8.78 Å². The number of nitrogens with two attached hydrogens (primary N) is 1. The summed E-state index contributed by atoms with van der Waals surface area (Å²) in [6.07, 6.45) is 0.965. The average molecular weight is 178 g/mol. The Morgan fingerprint density at radius 3 is 2.67 bits per heavy atom. The van der Waals surface area contributed by atoms with Crippen LogP contribution in [0.2, 0.25) is 0 Å². The summed E-state index contributed by atoms with van der Waals surface area (Å²) >= 11 is 0. The predicted molar refractivity (Wildman–Crippen MR) is 44.2 cm³/mol. The minimum atomic E-state index is -2.57. The fraction of sp³-hybridized carbons (Fsp3) is 1.00. The second kappa shape index (κ2) is 3.66. The SMILES string of the molecule is CC(F)(F)CN1CCC(CN)C1. The molecule has 1 rings (SSSR count). The molecule has 1 fully saturated rings. The normalized spacial score (nSPS) is 26.5. The van der Waals surface area contributed by atoms with E-state index in [-0.39, 0.29) is 6.54 Å². The van der Waals surface area contributed by atoms with Crippen LogP contribution in [-0.2, 0) is 0 Å². The monoisotopic (exact) mass is 178 g/mol. The highest BCUT2D eigenvalue weighted by atomic mass is 19.3. The van der Waals surface area contributed by atoms with Gasteiger partial charge in [-0.15, -0.1) is 0 Å². The van der Waals surface area contributed by atoms with E-state index in [1.54, 1.807) is 4.90 Å². The van der Waals surface area contributed by atoms with Crippen molar-refractivity contribution in [1.29, 1.82) is 0 Å². The molecule has 1 saturated heterocycles. The van der Waals surface area contributed by atoms with Crippen molar-refractivity contribution >= 4 is 0 Å². The number of halogens is 2. The van der Waals surface area contributed by atoms with E-state index >= 15 is 0 Å². The molecule has 0 radical (unpaired) electrons. The molecular formula is C8H16F2N2. The molecule has 1 heterocycles. The molecule has 0 aromatic rings. The van der Waals surface area contributed by atoms with E-state index < -0.39 is 5.92 Å². The lowest BCUT2D eigenvalue weighted by atomic mass is 10.1. The van der Waals surface area contributed by atoms with Gasteiger partial charge < -0.3 is 5.73 Å². The van der Waals surface area contributed by atoms with Gasteiger partial charge >= 0.3 is 0 Å². The summed E-state index contributed by atoms with van der Waals surface area (Å²) in [6.45, 7) is 2.96. The van der Waals surface area contributed by atoms with Crippen molar-refractivity contribution in [2.45, 2.75) is 19.3 Å². The molecule has 12 heavy (non-hydrogen) atoms. The topological polar surface area (TPSA) is 29.3 Å². The van der Waals surface area contributed by atoms with Crippen LogP contribution in [-0.4, -0.2) is 37.0 Å². The van der Waals surface area contributed by atoms with Gasteiger partial charge in [0, 0.05) is 13.5 Å². The minimum absolute atomic E-state index is 0.122. The Hall–Kier alpha value is -0.220. The smallest absolute Gasteiger partial charge is 0.257 e. The zero-order valence-electron chi connectivity index (χ0n) is 7.39. The summed E-state index contributed by atoms with van der Waals surface area (Å²) in [5.74, 6) is -2.14. The number of alkyl halides is 2. The third-order valence-corrected chi connectivity index (χ3v) is 2.20. The van der Waals surface area contributed by atoms with Crippen LogP contribution in [0, 0.1) is 5.92 Å². The van der Waals surface area contributed by atoms with Crippen LogP contribution in [0.5, 0.6) is 0 Å². The molecular weight excluding hydrogens is 162 g/mol. The van der Waals surface area contributed by atoms with Gasteiger partial charge in [0.25, 0.3) is 5.92 Å². The van der Waals surface area contributed by atoms with Gasteiger partial charge in [-0.3, -0.25) is 4.90 Å². The van der Waals surface area contributed by atoms with E-state index in [2.05, 4.69) is 0 Å². The Morgan fingerprint density at radius 1 is 1.58 bits per heavy atom. The van der Waals surface area contributed by atoms with Crippen molar-refractivity contribution in [1.82, 2.24) is 4.90 Å². The van der Waals surface area contributed by atoms with Gasteiger partial charge in [-0.2, -0.15) is 0 Å². The molecule has 0 aromatic heterocycles. The second-order valence-electron chi connectivity index (χ2n) is 3.70. The van der Waals surface area contributed by atoms with Crippen molar-refractivity contribution in [3.05, 3.63) is 0 Å². The Kier molecular flexibility index (Phi) is 3.01. The lowest BCUT2D eigenvalue weighted by Gasteiger charge is -2.19. The Balaban J connectivity index is 2.28. The maximum Gasteiger partial charge on any atom is 0.257 e. The maximum atomic E-state index is 12.5. The van der Waals surface area contributed by atoms with Gasteiger partial charge in [-0.25, -0.2) is 8.78 Å². The summed E-state index contributed by atoms with van der Waals surface area (Å²) in [7, 11) is 0. The van der Waals surface area contributed by atoms with Crippen LogP contribution in [0.15, 0.2) is 0 Å². The first-order valence-electron chi connectivity index (χ1n) is 4.31. The van der Waals surface area contributed by atoms with Gasteiger partial charge in [0.2, 0.25) is 0 Å². The molecule has 0 saturated carbocycles. The molecule has 4 heteroatoms. The summed E-state index contributed by atoms with van der Waals surface area (Å²) in [5, 5.41) is 0. The Morgan fingerprint density at radius 2 is 2.25 bits per heavy atom. The van der Waals surface area contributed by atoms with Gasteiger partial charge in [0.05, 0.1) is 6.54 Å². The molecule has 0 amide bonds. The zero-order chi connectivity index (χ0) is 9.19. The summed E-state index contributed by atoms with van der Waals surface area (Å²) in [4.78, 5) is 1.79. The molecule has 1 unspecified atom stereocenters. The first-order valence-corrected chi connectivity index (χ1v) is 4.31. The highest BCUT2D eigenvalue weighted by Gasteiger charge is 2.29. The van der Waals surface area contributed by atoms with Gasteiger partial charge in [0.15, 0.2) is 0 Å². The number of hydrogen-bond acceptors (Lipinski definition) is 2.